The van der Waals surface area contributed by atoms with Gasteiger partial charge in [-0.1, -0.05) is 12.2 Å². The van der Waals surface area contributed by atoms with E-state index in [1.807, 2.05) is 0 Å². The smallest absolute Gasteiger partial charge is 0.226 e. The van der Waals surface area contributed by atoms with Crippen molar-refractivity contribution in [3.63, 3.8) is 0 Å². The maximum atomic E-state index is 11.3. The predicted octanol–water partition coefficient (Wildman–Crippen LogP) is 0.553. The molecule has 2 nitrogen and oxygen atoms in total. The van der Waals surface area contributed by atoms with Gasteiger partial charge in [0.05, 0.1) is 5.92 Å². The third kappa shape index (κ3) is 0.425. The lowest BCUT2D eigenvalue weighted by Gasteiger charge is -2.50. The summed E-state index contributed by atoms with van der Waals surface area (Å²) in [5.74, 6) is 3.80. The number of allylic oxidation sites excluding steroid dienone is 1. The molecular weight excluding hydrogens is 150 g/mol. The Morgan fingerprint density at radius 3 is 2.83 bits per heavy atom. The summed E-state index contributed by atoms with van der Waals surface area (Å²) in [4.78, 5) is 11.3. The molecule has 5 rings (SSSR count). The molecule has 62 valence electrons. The highest BCUT2D eigenvalue weighted by Crippen LogP contribution is 2.63. The Kier molecular flexibility index (Phi) is 0.713. The Bertz CT molecular complexity index is 309. The molecule has 0 spiro atoms. The molecule has 0 unspecified atom stereocenters. The second kappa shape index (κ2) is 1.48. The minimum Gasteiger partial charge on any atom is -0.352 e. The highest BCUT2D eigenvalue weighted by molar-refractivity contribution is 5.87. The number of amides is 1. The summed E-state index contributed by atoms with van der Waals surface area (Å²) < 4.78 is 0. The van der Waals surface area contributed by atoms with Crippen molar-refractivity contribution in [2.45, 2.75) is 12.5 Å². The van der Waals surface area contributed by atoms with Crippen molar-refractivity contribution < 1.29 is 4.79 Å². The number of rotatable bonds is 0. The third-order valence-electron chi connectivity index (χ3n) is 4.26. The lowest BCUT2D eigenvalue weighted by Crippen LogP contribution is -2.67. The van der Waals surface area contributed by atoms with Gasteiger partial charge in [0.25, 0.3) is 0 Å². The van der Waals surface area contributed by atoms with E-state index in [-0.39, 0.29) is 0 Å². The van der Waals surface area contributed by atoms with Crippen LogP contribution in [0.5, 0.6) is 0 Å². The van der Waals surface area contributed by atoms with Crippen molar-refractivity contribution in [3.05, 3.63) is 12.2 Å². The van der Waals surface area contributed by atoms with E-state index in [0.717, 1.165) is 11.8 Å². The van der Waals surface area contributed by atoms with Crippen LogP contribution in [0.25, 0.3) is 0 Å². The summed E-state index contributed by atoms with van der Waals surface area (Å²) in [5, 5.41) is 3.04. The molecule has 1 heterocycles. The molecule has 2 bridgehead atoms. The maximum absolute atomic E-state index is 11.3. The Morgan fingerprint density at radius 1 is 1.25 bits per heavy atom. The zero-order chi connectivity index (χ0) is 7.87. The summed E-state index contributed by atoms with van der Waals surface area (Å²) in [5.41, 5.74) is 0. The molecule has 1 amide bonds. The predicted molar refractivity (Wildman–Crippen MR) is 43.1 cm³/mol. The summed E-state index contributed by atoms with van der Waals surface area (Å²) in [6.07, 6.45) is 6.03. The van der Waals surface area contributed by atoms with Crippen molar-refractivity contribution in [3.8, 4) is 0 Å². The van der Waals surface area contributed by atoms with E-state index in [0.29, 0.717) is 29.7 Å². The number of carbonyl (C=O) groups excluding carboxylic acids is 1. The highest BCUT2D eigenvalue weighted by Gasteiger charge is 2.64. The van der Waals surface area contributed by atoms with Crippen LogP contribution in [0.15, 0.2) is 12.2 Å². The minimum atomic E-state index is 0.310. The average molecular weight is 161 g/mol. The number of β-lactam (4-membered cyclic amide) rings is 1. The van der Waals surface area contributed by atoms with Crippen molar-refractivity contribution in [1.29, 1.82) is 0 Å². The lowest BCUT2D eigenvalue weighted by atomic mass is 9.62. The van der Waals surface area contributed by atoms with Gasteiger partial charge in [0.2, 0.25) is 5.91 Å². The molecule has 0 aromatic carbocycles. The monoisotopic (exact) mass is 161 g/mol. The van der Waals surface area contributed by atoms with Crippen molar-refractivity contribution >= 4 is 5.91 Å². The minimum absolute atomic E-state index is 0.310. The van der Waals surface area contributed by atoms with Gasteiger partial charge < -0.3 is 5.32 Å². The van der Waals surface area contributed by atoms with E-state index in [2.05, 4.69) is 17.5 Å². The number of hydrogen-bond donors (Lipinski definition) is 1. The first-order valence-electron chi connectivity index (χ1n) is 4.85. The standard InChI is InChI=1S/C10H11NO/c12-10-8-4-1-2-5(9(8)11-10)7-3-6(4)7/h1-2,4-9H,3H2,(H,11,12)/t4-,5-,6-,7-,8-,9+/m0/s1. The van der Waals surface area contributed by atoms with Crippen LogP contribution in [0, 0.1) is 29.6 Å². The molecule has 1 N–H and O–H groups in total. The summed E-state index contributed by atoms with van der Waals surface area (Å²) in [6, 6.07) is 0.524. The van der Waals surface area contributed by atoms with E-state index in [1.165, 1.54) is 6.42 Å². The first-order chi connectivity index (χ1) is 5.86. The van der Waals surface area contributed by atoms with E-state index >= 15 is 0 Å². The highest BCUT2D eigenvalue weighted by atomic mass is 16.2. The molecule has 12 heavy (non-hydrogen) atoms. The van der Waals surface area contributed by atoms with E-state index in [9.17, 15) is 4.79 Å². The van der Waals surface area contributed by atoms with Crippen LogP contribution in [0.4, 0.5) is 0 Å². The van der Waals surface area contributed by atoms with Crippen LogP contribution < -0.4 is 5.32 Å². The zero-order valence-electron chi connectivity index (χ0n) is 6.73. The normalized spacial score (nSPS) is 63.2. The molecule has 0 aromatic rings. The zero-order valence-corrected chi connectivity index (χ0v) is 6.73. The van der Waals surface area contributed by atoms with Gasteiger partial charge in [0, 0.05) is 12.0 Å². The van der Waals surface area contributed by atoms with Crippen LogP contribution in [0.1, 0.15) is 6.42 Å². The summed E-state index contributed by atoms with van der Waals surface area (Å²) >= 11 is 0. The van der Waals surface area contributed by atoms with Gasteiger partial charge in [-0.3, -0.25) is 4.79 Å². The van der Waals surface area contributed by atoms with E-state index in [1.54, 1.807) is 0 Å². The van der Waals surface area contributed by atoms with Crippen molar-refractivity contribution in [1.82, 2.24) is 5.32 Å². The number of carbonyl (C=O) groups is 1. The topological polar surface area (TPSA) is 29.1 Å². The Hall–Kier alpha value is -0.790. The summed E-state index contributed by atoms with van der Waals surface area (Å²) in [7, 11) is 0. The van der Waals surface area contributed by atoms with Crippen LogP contribution in [-0.4, -0.2) is 11.9 Å². The fourth-order valence-corrected chi connectivity index (χ4v) is 3.60. The molecule has 5 aliphatic rings. The SMILES string of the molecule is O=C1N[C@@H]2[C@H]3C=C[C@@H]([C@@H]4C[C@@H]34)[C@H]12. The average Bonchev–Trinajstić information content (AvgIpc) is 2.81. The fourth-order valence-electron chi connectivity index (χ4n) is 3.60. The fraction of sp³-hybridized carbons (Fsp3) is 0.700. The quantitative estimate of drug-likeness (QED) is 0.408. The van der Waals surface area contributed by atoms with Crippen LogP contribution in [0.3, 0.4) is 0 Å². The maximum Gasteiger partial charge on any atom is 0.226 e. The van der Waals surface area contributed by atoms with Gasteiger partial charge in [-0.25, -0.2) is 0 Å². The van der Waals surface area contributed by atoms with E-state index < -0.39 is 0 Å². The van der Waals surface area contributed by atoms with Gasteiger partial charge in [-0.2, -0.15) is 0 Å². The molecular formula is C10H11NO. The van der Waals surface area contributed by atoms with Gasteiger partial charge >= 0.3 is 0 Å². The molecule has 1 aliphatic heterocycles. The Labute approximate surface area is 71.0 Å². The van der Waals surface area contributed by atoms with Crippen LogP contribution in [0.2, 0.25) is 0 Å². The van der Waals surface area contributed by atoms with Gasteiger partial charge in [-0.15, -0.1) is 0 Å². The first kappa shape index (κ1) is 5.79. The third-order valence-corrected chi connectivity index (χ3v) is 4.26. The van der Waals surface area contributed by atoms with Crippen molar-refractivity contribution in [2.24, 2.45) is 29.6 Å². The summed E-state index contributed by atoms with van der Waals surface area (Å²) in [6.45, 7) is 0. The van der Waals surface area contributed by atoms with E-state index in [4.69, 9.17) is 0 Å². The second-order valence-electron chi connectivity index (χ2n) is 4.66. The Morgan fingerprint density at radius 2 is 2.00 bits per heavy atom. The van der Waals surface area contributed by atoms with Crippen molar-refractivity contribution in [2.75, 3.05) is 0 Å². The Balaban J connectivity index is 1.85. The molecule has 6 atom stereocenters. The van der Waals surface area contributed by atoms with Gasteiger partial charge in [-0.05, 0) is 24.2 Å². The molecule has 2 saturated carbocycles. The van der Waals surface area contributed by atoms with Crippen LogP contribution >= 0.6 is 0 Å². The number of nitrogens with one attached hydrogen (secondary N) is 1. The molecule has 1 saturated heterocycles. The molecule has 4 aliphatic carbocycles. The molecule has 0 radical (unpaired) electrons. The van der Waals surface area contributed by atoms with Gasteiger partial charge in [0.15, 0.2) is 0 Å². The number of hydrogen-bond acceptors (Lipinski definition) is 1. The first-order valence-corrected chi connectivity index (χ1v) is 4.85. The molecule has 0 aromatic heterocycles. The van der Waals surface area contributed by atoms with Crippen LogP contribution in [-0.2, 0) is 4.79 Å². The second-order valence-corrected chi connectivity index (χ2v) is 4.66. The van der Waals surface area contributed by atoms with Gasteiger partial charge in [0.1, 0.15) is 0 Å². The molecule has 2 heteroatoms. The lowest BCUT2D eigenvalue weighted by molar-refractivity contribution is -0.142. The largest absolute Gasteiger partial charge is 0.352 e. The molecule has 3 fully saturated rings.